The minimum absolute atomic E-state index is 0.0312. The van der Waals surface area contributed by atoms with E-state index in [2.05, 4.69) is 17.9 Å². The van der Waals surface area contributed by atoms with Crippen LogP contribution in [0.4, 0.5) is 0 Å². The van der Waals surface area contributed by atoms with Gasteiger partial charge in [-0.05, 0) is 5.92 Å². The molecule has 4 heteroatoms. The maximum Gasteiger partial charge on any atom is 0.229 e. The lowest BCUT2D eigenvalue weighted by atomic mass is 10.2. The molecule has 0 aromatic heterocycles. The number of amides is 1. The molecule has 1 unspecified atom stereocenters. The van der Waals surface area contributed by atoms with Gasteiger partial charge >= 0.3 is 0 Å². The van der Waals surface area contributed by atoms with E-state index in [1.165, 1.54) is 0 Å². The summed E-state index contributed by atoms with van der Waals surface area (Å²) in [5.74, 6) is 0.583. The van der Waals surface area contributed by atoms with Gasteiger partial charge in [-0.25, -0.2) is 0 Å². The molecule has 3 nitrogen and oxygen atoms in total. The Morgan fingerprint density at radius 3 is 2.82 bits per heavy atom. The average molecular weight is 177 g/mol. The van der Waals surface area contributed by atoms with Crippen LogP contribution in [0.2, 0.25) is 0 Å². The van der Waals surface area contributed by atoms with Gasteiger partial charge in [0, 0.05) is 13.7 Å². The van der Waals surface area contributed by atoms with Crippen molar-refractivity contribution in [2.45, 2.75) is 6.92 Å². The molecule has 0 spiro atoms. The van der Waals surface area contributed by atoms with Gasteiger partial charge in [0.05, 0.1) is 12.4 Å². The van der Waals surface area contributed by atoms with E-state index < -0.39 is 0 Å². The molecule has 0 aromatic rings. The third-order valence-corrected chi connectivity index (χ3v) is 1.53. The van der Waals surface area contributed by atoms with Crippen LogP contribution in [0.1, 0.15) is 6.92 Å². The maximum atomic E-state index is 10.7. The number of hydrogen-bond acceptors (Lipinski definition) is 3. The molecule has 0 saturated carbocycles. The van der Waals surface area contributed by atoms with Crippen molar-refractivity contribution in [3.63, 3.8) is 0 Å². The number of hydrogen-bond donors (Lipinski definition) is 2. The summed E-state index contributed by atoms with van der Waals surface area (Å²) in [5, 5.41) is 2.72. The first kappa shape index (κ1) is 10.8. The van der Waals surface area contributed by atoms with Gasteiger partial charge in [0.2, 0.25) is 5.91 Å². The lowest BCUT2D eigenvalue weighted by molar-refractivity contribution is -0.118. The van der Waals surface area contributed by atoms with Gasteiger partial charge < -0.3 is 10.1 Å². The first-order valence-electron chi connectivity index (χ1n) is 3.57. The number of nitrogens with one attached hydrogen (secondary N) is 1. The standard InChI is InChI=1S/C7H15NO2S/c1-6(4-10-2)3-8-7(9)5-11/h6,11H,3-5H2,1-2H3,(H,8,9). The molecule has 0 radical (unpaired) electrons. The zero-order valence-corrected chi connectivity index (χ0v) is 7.86. The number of methoxy groups -OCH3 is 1. The summed E-state index contributed by atoms with van der Waals surface area (Å²) in [7, 11) is 1.65. The minimum Gasteiger partial charge on any atom is -0.384 e. The topological polar surface area (TPSA) is 38.3 Å². The van der Waals surface area contributed by atoms with Crippen LogP contribution >= 0.6 is 12.6 Å². The Labute approximate surface area is 72.9 Å². The van der Waals surface area contributed by atoms with Crippen molar-refractivity contribution in [3.05, 3.63) is 0 Å². The van der Waals surface area contributed by atoms with Gasteiger partial charge in [-0.1, -0.05) is 6.92 Å². The number of thiol groups is 1. The van der Waals surface area contributed by atoms with Crippen molar-refractivity contribution in [2.75, 3.05) is 26.0 Å². The fraction of sp³-hybridized carbons (Fsp3) is 0.857. The van der Waals surface area contributed by atoms with Gasteiger partial charge in [-0.15, -0.1) is 0 Å². The van der Waals surface area contributed by atoms with Crippen molar-refractivity contribution < 1.29 is 9.53 Å². The summed E-state index contributed by atoms with van der Waals surface area (Å²) in [6, 6.07) is 0. The van der Waals surface area contributed by atoms with E-state index in [1.54, 1.807) is 7.11 Å². The van der Waals surface area contributed by atoms with E-state index in [4.69, 9.17) is 4.74 Å². The average Bonchev–Trinajstić information content (AvgIpc) is 2.01. The smallest absolute Gasteiger partial charge is 0.229 e. The molecule has 0 bridgehead atoms. The highest BCUT2D eigenvalue weighted by molar-refractivity contribution is 7.81. The summed E-state index contributed by atoms with van der Waals surface area (Å²) in [4.78, 5) is 10.7. The largest absolute Gasteiger partial charge is 0.384 e. The summed E-state index contributed by atoms with van der Waals surface area (Å²) in [6.07, 6.45) is 0. The van der Waals surface area contributed by atoms with Crippen molar-refractivity contribution in [1.82, 2.24) is 5.32 Å². The van der Waals surface area contributed by atoms with Crippen molar-refractivity contribution in [1.29, 1.82) is 0 Å². The lowest BCUT2D eigenvalue weighted by Crippen LogP contribution is -2.30. The highest BCUT2D eigenvalue weighted by Gasteiger charge is 2.02. The van der Waals surface area contributed by atoms with Crippen LogP contribution in [0.25, 0.3) is 0 Å². The van der Waals surface area contributed by atoms with Crippen molar-refractivity contribution in [3.8, 4) is 0 Å². The first-order chi connectivity index (χ1) is 5.20. The van der Waals surface area contributed by atoms with E-state index in [0.717, 1.165) is 0 Å². The SMILES string of the molecule is COCC(C)CNC(=O)CS. The third-order valence-electron chi connectivity index (χ3n) is 1.24. The van der Waals surface area contributed by atoms with Crippen LogP contribution < -0.4 is 5.32 Å². The van der Waals surface area contributed by atoms with Gasteiger partial charge in [-0.3, -0.25) is 4.79 Å². The molecular formula is C7H15NO2S. The van der Waals surface area contributed by atoms with Crippen LogP contribution in [-0.4, -0.2) is 31.9 Å². The van der Waals surface area contributed by atoms with E-state index in [1.807, 2.05) is 6.92 Å². The molecule has 0 aliphatic heterocycles. The predicted molar refractivity (Wildman–Crippen MR) is 47.9 cm³/mol. The monoisotopic (exact) mass is 177 g/mol. The second-order valence-electron chi connectivity index (χ2n) is 2.52. The molecule has 0 rings (SSSR count). The first-order valence-corrected chi connectivity index (χ1v) is 4.20. The Hall–Kier alpha value is -0.220. The Bertz CT molecular complexity index is 119. The van der Waals surface area contributed by atoms with Crippen molar-refractivity contribution in [2.24, 2.45) is 5.92 Å². The van der Waals surface area contributed by atoms with Crippen LogP contribution in [0.3, 0.4) is 0 Å². The molecule has 0 aromatic carbocycles. The molecule has 1 amide bonds. The second-order valence-corrected chi connectivity index (χ2v) is 2.84. The Morgan fingerprint density at radius 1 is 1.73 bits per heavy atom. The highest BCUT2D eigenvalue weighted by Crippen LogP contribution is 1.91. The van der Waals surface area contributed by atoms with Gasteiger partial charge in [0.1, 0.15) is 0 Å². The molecule has 0 fully saturated rings. The second kappa shape index (κ2) is 6.49. The molecule has 0 heterocycles. The summed E-state index contributed by atoms with van der Waals surface area (Å²) < 4.78 is 4.90. The molecule has 0 aliphatic rings. The summed E-state index contributed by atoms with van der Waals surface area (Å²) in [5.41, 5.74) is 0. The molecule has 66 valence electrons. The van der Waals surface area contributed by atoms with Gasteiger partial charge in [0.25, 0.3) is 0 Å². The molecule has 1 N–H and O–H groups in total. The predicted octanol–water partition coefficient (Wildman–Crippen LogP) is 0.315. The fourth-order valence-corrected chi connectivity index (χ4v) is 0.799. The fourth-order valence-electron chi connectivity index (χ4n) is 0.687. The zero-order chi connectivity index (χ0) is 8.69. The summed E-state index contributed by atoms with van der Waals surface area (Å²) >= 11 is 3.83. The van der Waals surface area contributed by atoms with Gasteiger partial charge in [-0.2, -0.15) is 12.6 Å². The van der Waals surface area contributed by atoms with E-state index in [0.29, 0.717) is 19.1 Å². The molecule has 0 aliphatic carbocycles. The third kappa shape index (κ3) is 6.19. The Balaban J connectivity index is 3.29. The van der Waals surface area contributed by atoms with Crippen LogP contribution in [-0.2, 0) is 9.53 Å². The van der Waals surface area contributed by atoms with Crippen LogP contribution in [0.5, 0.6) is 0 Å². The highest BCUT2D eigenvalue weighted by atomic mass is 32.1. The molecular weight excluding hydrogens is 162 g/mol. The summed E-state index contributed by atoms with van der Waals surface area (Å²) in [6.45, 7) is 3.35. The quantitative estimate of drug-likeness (QED) is 0.593. The molecule has 0 saturated heterocycles. The number of ether oxygens (including phenoxy) is 1. The molecule has 1 atom stereocenters. The zero-order valence-electron chi connectivity index (χ0n) is 6.96. The van der Waals surface area contributed by atoms with Crippen molar-refractivity contribution >= 4 is 18.5 Å². The Morgan fingerprint density at radius 2 is 2.36 bits per heavy atom. The van der Waals surface area contributed by atoms with E-state index in [9.17, 15) is 4.79 Å². The van der Waals surface area contributed by atoms with Gasteiger partial charge in [0.15, 0.2) is 0 Å². The van der Waals surface area contributed by atoms with Crippen LogP contribution in [0.15, 0.2) is 0 Å². The van der Waals surface area contributed by atoms with E-state index >= 15 is 0 Å². The van der Waals surface area contributed by atoms with E-state index in [-0.39, 0.29) is 11.7 Å². The molecule has 11 heavy (non-hydrogen) atoms. The number of rotatable bonds is 5. The normalized spacial score (nSPS) is 12.6. The maximum absolute atomic E-state index is 10.7. The number of carbonyl (C=O) groups is 1. The Kier molecular flexibility index (Phi) is 6.36. The lowest BCUT2D eigenvalue weighted by Gasteiger charge is -2.10. The number of carbonyl (C=O) groups excluding carboxylic acids is 1. The van der Waals surface area contributed by atoms with Crippen LogP contribution in [0, 0.1) is 5.92 Å². The minimum atomic E-state index is -0.0312.